The molecule has 1 amide bonds. The van der Waals surface area contributed by atoms with Gasteiger partial charge < -0.3 is 4.74 Å². The molecule has 0 bridgehead atoms. The fourth-order valence-corrected chi connectivity index (χ4v) is 3.18. The Bertz CT molecular complexity index is 557. The minimum absolute atomic E-state index is 0.00302. The van der Waals surface area contributed by atoms with Crippen LogP contribution in [0.4, 0.5) is 5.13 Å². The number of nitrogens with one attached hydrogen (secondary N) is 1. The summed E-state index contributed by atoms with van der Waals surface area (Å²) in [6, 6.07) is 0. The van der Waals surface area contributed by atoms with Gasteiger partial charge in [-0.25, -0.2) is 13.4 Å². The fourth-order valence-electron chi connectivity index (χ4n) is 1.77. The van der Waals surface area contributed by atoms with Crippen molar-refractivity contribution in [3.8, 4) is 0 Å². The molecule has 2 rings (SSSR count). The average molecular weight is 305 g/mol. The second-order valence-electron chi connectivity index (χ2n) is 4.47. The summed E-state index contributed by atoms with van der Waals surface area (Å²) in [5.74, 6) is -0.393. The number of carbonyl (C=O) groups is 1. The zero-order valence-electron chi connectivity index (χ0n) is 10.6. The maximum Gasteiger partial charge on any atom is 0.259 e. The normalized spacial score (nSPS) is 25.2. The highest BCUT2D eigenvalue weighted by Gasteiger charge is 2.42. The van der Waals surface area contributed by atoms with E-state index in [0.29, 0.717) is 5.13 Å². The molecule has 0 radical (unpaired) electrons. The Labute approximate surface area is 115 Å². The van der Waals surface area contributed by atoms with E-state index in [4.69, 9.17) is 4.74 Å². The van der Waals surface area contributed by atoms with E-state index in [9.17, 15) is 13.2 Å². The molecular weight excluding hydrogens is 290 g/mol. The Morgan fingerprint density at radius 3 is 2.95 bits per heavy atom. The van der Waals surface area contributed by atoms with Gasteiger partial charge in [-0.1, -0.05) is 0 Å². The first-order valence-electron chi connectivity index (χ1n) is 5.61. The van der Waals surface area contributed by atoms with Crippen molar-refractivity contribution in [1.29, 1.82) is 0 Å². The van der Waals surface area contributed by atoms with Gasteiger partial charge in [-0.2, -0.15) is 4.31 Å². The summed E-state index contributed by atoms with van der Waals surface area (Å²) in [7, 11) is -3.33. The van der Waals surface area contributed by atoms with Crippen molar-refractivity contribution in [2.75, 3.05) is 31.3 Å². The van der Waals surface area contributed by atoms with Crippen LogP contribution in [-0.4, -0.2) is 55.2 Å². The number of thiazole rings is 1. The van der Waals surface area contributed by atoms with Gasteiger partial charge in [0.25, 0.3) is 5.91 Å². The number of aromatic nitrogens is 1. The smallest absolute Gasteiger partial charge is 0.259 e. The van der Waals surface area contributed by atoms with Crippen molar-refractivity contribution in [1.82, 2.24) is 9.29 Å². The van der Waals surface area contributed by atoms with E-state index in [1.165, 1.54) is 15.6 Å². The summed E-state index contributed by atoms with van der Waals surface area (Å²) in [6.45, 7) is 2.03. The van der Waals surface area contributed by atoms with Crippen LogP contribution >= 0.6 is 11.3 Å². The van der Waals surface area contributed by atoms with Crippen LogP contribution in [0.5, 0.6) is 0 Å². The Morgan fingerprint density at radius 2 is 2.37 bits per heavy atom. The lowest BCUT2D eigenvalue weighted by molar-refractivity contribution is -0.146. The quantitative estimate of drug-likeness (QED) is 0.857. The van der Waals surface area contributed by atoms with Crippen LogP contribution in [0, 0.1) is 0 Å². The number of morpholine rings is 1. The van der Waals surface area contributed by atoms with Gasteiger partial charge >= 0.3 is 0 Å². The van der Waals surface area contributed by atoms with Crippen LogP contribution in [0.25, 0.3) is 0 Å². The third kappa shape index (κ3) is 3.30. The average Bonchev–Trinajstić information content (AvgIpc) is 2.80. The Kier molecular flexibility index (Phi) is 3.90. The summed E-state index contributed by atoms with van der Waals surface area (Å²) < 4.78 is 29.8. The van der Waals surface area contributed by atoms with Crippen LogP contribution in [0.3, 0.4) is 0 Å². The van der Waals surface area contributed by atoms with Crippen molar-refractivity contribution < 1.29 is 17.9 Å². The molecule has 19 heavy (non-hydrogen) atoms. The molecule has 0 unspecified atom stereocenters. The van der Waals surface area contributed by atoms with E-state index in [-0.39, 0.29) is 19.7 Å². The van der Waals surface area contributed by atoms with E-state index in [0.717, 1.165) is 6.26 Å². The first-order chi connectivity index (χ1) is 8.81. The number of rotatable bonds is 3. The van der Waals surface area contributed by atoms with Gasteiger partial charge in [0.05, 0.1) is 19.4 Å². The largest absolute Gasteiger partial charge is 0.363 e. The molecule has 1 aromatic heterocycles. The predicted molar refractivity (Wildman–Crippen MR) is 71.5 cm³/mol. The SMILES string of the molecule is C[C@@]1(C(=O)Nc2nccs2)CN(S(C)(=O)=O)CCO1. The molecular formula is C10H15N3O4S2. The Morgan fingerprint density at radius 1 is 1.63 bits per heavy atom. The van der Waals surface area contributed by atoms with Crippen molar-refractivity contribution >= 4 is 32.4 Å². The van der Waals surface area contributed by atoms with Gasteiger partial charge in [0.15, 0.2) is 10.7 Å². The number of hydrogen-bond donors (Lipinski definition) is 1. The Hall–Kier alpha value is -1.03. The molecule has 2 heterocycles. The molecule has 9 heteroatoms. The zero-order valence-corrected chi connectivity index (χ0v) is 12.3. The molecule has 0 spiro atoms. The predicted octanol–water partition coefficient (Wildman–Crippen LogP) is 0.132. The Balaban J connectivity index is 2.11. The van der Waals surface area contributed by atoms with Crippen molar-refractivity contribution in [3.05, 3.63) is 11.6 Å². The highest BCUT2D eigenvalue weighted by molar-refractivity contribution is 7.88. The van der Waals surface area contributed by atoms with Gasteiger partial charge in [0.2, 0.25) is 10.0 Å². The summed E-state index contributed by atoms with van der Waals surface area (Å²) in [4.78, 5) is 16.1. The fraction of sp³-hybridized carbons (Fsp3) is 0.600. The van der Waals surface area contributed by atoms with Crippen LogP contribution in [0.15, 0.2) is 11.6 Å². The van der Waals surface area contributed by atoms with E-state index in [1.807, 2.05) is 0 Å². The first kappa shape index (κ1) is 14.4. The van der Waals surface area contributed by atoms with Gasteiger partial charge in [-0.3, -0.25) is 10.1 Å². The van der Waals surface area contributed by atoms with Gasteiger partial charge in [0.1, 0.15) is 0 Å². The monoisotopic (exact) mass is 305 g/mol. The van der Waals surface area contributed by atoms with Crippen molar-refractivity contribution in [2.24, 2.45) is 0 Å². The highest BCUT2D eigenvalue weighted by Crippen LogP contribution is 2.22. The molecule has 106 valence electrons. The maximum absolute atomic E-state index is 12.2. The van der Waals surface area contributed by atoms with Crippen LogP contribution in [0.1, 0.15) is 6.92 Å². The summed E-state index contributed by atoms with van der Waals surface area (Å²) in [5.41, 5.74) is -1.20. The third-order valence-electron chi connectivity index (χ3n) is 2.84. The summed E-state index contributed by atoms with van der Waals surface area (Å²) in [6.07, 6.45) is 2.70. The van der Waals surface area contributed by atoms with E-state index < -0.39 is 21.5 Å². The van der Waals surface area contributed by atoms with Crippen LogP contribution in [0.2, 0.25) is 0 Å². The summed E-state index contributed by atoms with van der Waals surface area (Å²) in [5, 5.41) is 4.83. The number of nitrogens with zero attached hydrogens (tertiary/aromatic N) is 2. The second-order valence-corrected chi connectivity index (χ2v) is 7.34. The summed E-state index contributed by atoms with van der Waals surface area (Å²) >= 11 is 1.29. The molecule has 1 saturated heterocycles. The van der Waals surface area contributed by atoms with Crippen molar-refractivity contribution in [2.45, 2.75) is 12.5 Å². The van der Waals surface area contributed by atoms with E-state index in [2.05, 4.69) is 10.3 Å². The molecule has 1 aromatic rings. The maximum atomic E-state index is 12.2. The highest BCUT2D eigenvalue weighted by atomic mass is 32.2. The number of carbonyl (C=O) groups excluding carboxylic acids is 1. The molecule has 1 aliphatic heterocycles. The molecule has 1 fully saturated rings. The molecule has 1 aliphatic rings. The molecule has 0 aliphatic carbocycles. The van der Waals surface area contributed by atoms with E-state index >= 15 is 0 Å². The minimum atomic E-state index is -3.33. The molecule has 1 atom stereocenters. The lowest BCUT2D eigenvalue weighted by Gasteiger charge is -2.37. The van der Waals surface area contributed by atoms with Gasteiger partial charge in [-0.05, 0) is 6.92 Å². The minimum Gasteiger partial charge on any atom is -0.363 e. The lowest BCUT2D eigenvalue weighted by Crippen LogP contribution is -2.57. The molecule has 0 aromatic carbocycles. The number of anilines is 1. The van der Waals surface area contributed by atoms with Crippen molar-refractivity contribution in [3.63, 3.8) is 0 Å². The number of ether oxygens (including phenoxy) is 1. The number of amides is 1. The van der Waals surface area contributed by atoms with Crippen LogP contribution < -0.4 is 5.32 Å². The zero-order chi connectivity index (χ0) is 14.1. The molecule has 7 nitrogen and oxygen atoms in total. The van der Waals surface area contributed by atoms with Gasteiger partial charge in [-0.15, -0.1) is 11.3 Å². The second kappa shape index (κ2) is 5.16. The van der Waals surface area contributed by atoms with E-state index in [1.54, 1.807) is 18.5 Å². The third-order valence-corrected chi connectivity index (χ3v) is 4.78. The van der Waals surface area contributed by atoms with Crippen LogP contribution in [-0.2, 0) is 19.6 Å². The standard InChI is InChI=1S/C10H15N3O4S2/c1-10(8(14)12-9-11-3-6-18-9)7-13(4-5-17-10)19(2,15)16/h3,6H,4-5,7H2,1-2H3,(H,11,12,14)/t10-/m0/s1. The molecule has 0 saturated carbocycles. The molecule has 1 N–H and O–H groups in total. The lowest BCUT2D eigenvalue weighted by atomic mass is 10.0. The van der Waals surface area contributed by atoms with Gasteiger partial charge in [0, 0.05) is 18.1 Å². The number of sulfonamides is 1. The topological polar surface area (TPSA) is 88.6 Å². The number of hydrogen-bond acceptors (Lipinski definition) is 6. The first-order valence-corrected chi connectivity index (χ1v) is 8.34.